The molecule has 1 N–H and O–H groups in total. The highest BCUT2D eigenvalue weighted by molar-refractivity contribution is 6.33. The molecule has 1 saturated carbocycles. The third-order valence-electron chi connectivity index (χ3n) is 4.91. The molecule has 1 aromatic heterocycles. The lowest BCUT2D eigenvalue weighted by molar-refractivity contribution is 0.0949. The van der Waals surface area contributed by atoms with E-state index in [1.807, 2.05) is 0 Å². The fourth-order valence-corrected chi connectivity index (χ4v) is 3.25. The van der Waals surface area contributed by atoms with E-state index in [0.717, 1.165) is 12.8 Å². The number of halogens is 4. The van der Waals surface area contributed by atoms with Gasteiger partial charge in [0.15, 0.2) is 5.82 Å². The Labute approximate surface area is 160 Å². The summed E-state index contributed by atoms with van der Waals surface area (Å²) in [5.74, 6) is -1.17. The summed E-state index contributed by atoms with van der Waals surface area (Å²) in [5, 5.41) is 3.13. The van der Waals surface area contributed by atoms with Crippen LogP contribution < -0.4 is 5.32 Å². The molecule has 0 aliphatic heterocycles. The topological polar surface area (TPSA) is 54.9 Å². The van der Waals surface area contributed by atoms with Gasteiger partial charge in [-0.3, -0.25) is 9.18 Å². The van der Waals surface area contributed by atoms with E-state index in [2.05, 4.69) is 15.3 Å². The molecule has 0 bridgehead atoms. The van der Waals surface area contributed by atoms with Gasteiger partial charge in [0.25, 0.3) is 12.3 Å². The zero-order valence-electron chi connectivity index (χ0n) is 14.5. The fraction of sp³-hybridized carbons (Fsp3) is 0.421. The van der Waals surface area contributed by atoms with Gasteiger partial charge in [-0.2, -0.15) is 0 Å². The minimum absolute atomic E-state index is 0.211. The van der Waals surface area contributed by atoms with Crippen molar-refractivity contribution in [2.45, 2.75) is 31.6 Å². The van der Waals surface area contributed by atoms with Crippen molar-refractivity contribution in [3.05, 3.63) is 58.6 Å². The summed E-state index contributed by atoms with van der Waals surface area (Å²) in [7, 11) is 0. The quantitative estimate of drug-likeness (QED) is 0.701. The predicted molar refractivity (Wildman–Crippen MR) is 95.8 cm³/mol. The van der Waals surface area contributed by atoms with E-state index in [-0.39, 0.29) is 18.4 Å². The van der Waals surface area contributed by atoms with Crippen molar-refractivity contribution in [3.63, 3.8) is 0 Å². The van der Waals surface area contributed by atoms with Gasteiger partial charge < -0.3 is 5.32 Å². The van der Waals surface area contributed by atoms with Crippen LogP contribution >= 0.6 is 11.6 Å². The van der Waals surface area contributed by atoms with E-state index < -0.39 is 24.3 Å². The lowest BCUT2D eigenvalue weighted by Crippen LogP contribution is -2.30. The Bertz CT molecular complexity index is 797. The Hall–Kier alpha value is -2.15. The number of alkyl halides is 3. The first-order valence-electron chi connectivity index (χ1n) is 8.63. The minimum atomic E-state index is -2.75. The second-order valence-corrected chi connectivity index (χ2v) is 7.31. The molecule has 1 heterocycles. The predicted octanol–water partition coefficient (Wildman–Crippen LogP) is 4.72. The second kappa shape index (κ2) is 8.25. The molecular formula is C19H19ClF3N3O. The Kier molecular flexibility index (Phi) is 5.99. The van der Waals surface area contributed by atoms with Gasteiger partial charge in [0.05, 0.1) is 17.3 Å². The SMILES string of the molecule is O=C(NCC(CC1(CF)CC1)c1cnc(C(F)F)nc1)c1ccccc1Cl. The van der Waals surface area contributed by atoms with Crippen molar-refractivity contribution < 1.29 is 18.0 Å². The standard InChI is InChI=1S/C19H19ClF3N3O/c20-15-4-2-1-3-14(15)18(27)26-8-12(7-19(11-21)5-6-19)13-9-24-17(16(22)23)25-10-13/h1-4,9-10,12,16H,5-8,11H2,(H,26,27). The van der Waals surface area contributed by atoms with Crippen LogP contribution in [0.1, 0.15) is 53.4 Å². The number of amides is 1. The number of nitrogens with one attached hydrogen (secondary N) is 1. The van der Waals surface area contributed by atoms with Crippen LogP contribution in [0.3, 0.4) is 0 Å². The van der Waals surface area contributed by atoms with Crippen LogP contribution in [0.5, 0.6) is 0 Å². The third kappa shape index (κ3) is 4.77. The first kappa shape index (κ1) is 19.6. The number of carbonyl (C=O) groups excluding carboxylic acids is 1. The molecule has 1 fully saturated rings. The molecule has 1 atom stereocenters. The van der Waals surface area contributed by atoms with Crippen molar-refractivity contribution >= 4 is 17.5 Å². The van der Waals surface area contributed by atoms with Crippen LogP contribution in [0, 0.1) is 5.41 Å². The maximum Gasteiger partial charge on any atom is 0.297 e. The van der Waals surface area contributed by atoms with E-state index >= 15 is 0 Å². The molecule has 1 aromatic carbocycles. The molecular weight excluding hydrogens is 379 g/mol. The van der Waals surface area contributed by atoms with Gasteiger partial charge in [0, 0.05) is 24.9 Å². The number of carbonyl (C=O) groups is 1. The summed E-state index contributed by atoms with van der Waals surface area (Å²) >= 11 is 6.04. The van der Waals surface area contributed by atoms with Crippen molar-refractivity contribution in [1.29, 1.82) is 0 Å². The summed E-state index contributed by atoms with van der Waals surface area (Å²) < 4.78 is 38.7. The lowest BCUT2D eigenvalue weighted by atomic mass is 9.88. The van der Waals surface area contributed by atoms with Gasteiger partial charge in [-0.15, -0.1) is 0 Å². The normalized spacial score (nSPS) is 16.2. The molecule has 0 spiro atoms. The largest absolute Gasteiger partial charge is 0.351 e. The molecule has 2 aromatic rings. The van der Waals surface area contributed by atoms with Crippen LogP contribution in [0.2, 0.25) is 5.02 Å². The van der Waals surface area contributed by atoms with E-state index in [0.29, 0.717) is 22.6 Å². The van der Waals surface area contributed by atoms with Gasteiger partial charge in [-0.1, -0.05) is 23.7 Å². The number of hydrogen-bond acceptors (Lipinski definition) is 3. The van der Waals surface area contributed by atoms with Gasteiger partial charge in [0.2, 0.25) is 0 Å². The minimum Gasteiger partial charge on any atom is -0.351 e. The molecule has 8 heteroatoms. The average Bonchev–Trinajstić information content (AvgIpc) is 3.45. The van der Waals surface area contributed by atoms with Crippen LogP contribution in [0.4, 0.5) is 13.2 Å². The van der Waals surface area contributed by atoms with Gasteiger partial charge >= 0.3 is 0 Å². The second-order valence-electron chi connectivity index (χ2n) is 6.90. The molecule has 3 rings (SSSR count). The Morgan fingerprint density at radius 1 is 1.22 bits per heavy atom. The molecule has 0 saturated heterocycles. The van der Waals surface area contributed by atoms with Crippen molar-refractivity contribution in [3.8, 4) is 0 Å². The van der Waals surface area contributed by atoms with Crippen LogP contribution in [0.15, 0.2) is 36.7 Å². The van der Waals surface area contributed by atoms with Gasteiger partial charge in [-0.05, 0) is 42.4 Å². The highest BCUT2D eigenvalue weighted by atomic mass is 35.5. The molecule has 1 aliphatic rings. The first-order valence-corrected chi connectivity index (χ1v) is 9.00. The van der Waals surface area contributed by atoms with Crippen molar-refractivity contribution in [2.24, 2.45) is 5.41 Å². The van der Waals surface area contributed by atoms with Gasteiger partial charge in [-0.25, -0.2) is 18.7 Å². The van der Waals surface area contributed by atoms with Crippen LogP contribution in [-0.4, -0.2) is 29.1 Å². The molecule has 1 unspecified atom stereocenters. The molecule has 27 heavy (non-hydrogen) atoms. The van der Waals surface area contributed by atoms with E-state index in [4.69, 9.17) is 11.6 Å². The molecule has 1 amide bonds. The van der Waals surface area contributed by atoms with E-state index in [1.165, 1.54) is 12.4 Å². The Morgan fingerprint density at radius 3 is 2.44 bits per heavy atom. The molecule has 144 valence electrons. The zero-order valence-corrected chi connectivity index (χ0v) is 15.2. The number of rotatable bonds is 8. The maximum absolute atomic E-state index is 13.4. The third-order valence-corrected chi connectivity index (χ3v) is 5.24. The van der Waals surface area contributed by atoms with E-state index in [9.17, 15) is 18.0 Å². The highest BCUT2D eigenvalue weighted by Gasteiger charge is 2.44. The summed E-state index contributed by atoms with van der Waals surface area (Å²) in [5.41, 5.74) is 0.536. The monoisotopic (exact) mass is 397 g/mol. The summed E-state index contributed by atoms with van der Waals surface area (Å²) in [4.78, 5) is 19.8. The fourth-order valence-electron chi connectivity index (χ4n) is 3.03. The van der Waals surface area contributed by atoms with E-state index in [1.54, 1.807) is 24.3 Å². The summed E-state index contributed by atoms with van der Waals surface area (Å²) in [6, 6.07) is 6.66. The number of benzene rings is 1. The van der Waals surface area contributed by atoms with Crippen molar-refractivity contribution in [2.75, 3.05) is 13.2 Å². The summed E-state index contributed by atoms with van der Waals surface area (Å²) in [6.07, 6.45) is 1.94. The summed E-state index contributed by atoms with van der Waals surface area (Å²) in [6.45, 7) is -0.235. The molecule has 1 aliphatic carbocycles. The number of hydrogen-bond donors (Lipinski definition) is 1. The molecule has 0 radical (unpaired) electrons. The van der Waals surface area contributed by atoms with Crippen molar-refractivity contribution in [1.82, 2.24) is 15.3 Å². The number of aromatic nitrogens is 2. The Balaban J connectivity index is 1.74. The smallest absolute Gasteiger partial charge is 0.297 e. The first-order chi connectivity index (χ1) is 12.9. The molecule has 4 nitrogen and oxygen atoms in total. The average molecular weight is 398 g/mol. The van der Waals surface area contributed by atoms with Crippen LogP contribution in [-0.2, 0) is 0 Å². The lowest BCUT2D eigenvalue weighted by Gasteiger charge is -2.22. The van der Waals surface area contributed by atoms with Gasteiger partial charge in [0.1, 0.15) is 0 Å². The zero-order chi connectivity index (χ0) is 19.4. The highest BCUT2D eigenvalue weighted by Crippen LogP contribution is 2.52. The number of nitrogens with zero attached hydrogens (tertiary/aromatic N) is 2. The maximum atomic E-state index is 13.4. The van der Waals surface area contributed by atoms with Crippen LogP contribution in [0.25, 0.3) is 0 Å². The Morgan fingerprint density at radius 2 is 1.89 bits per heavy atom.